The Hall–Kier alpha value is -2.32. The van der Waals surface area contributed by atoms with Crippen LogP contribution in [0.1, 0.15) is 19.4 Å². The molecule has 1 atom stereocenters. The Labute approximate surface area is 178 Å². The van der Waals surface area contributed by atoms with E-state index in [0.29, 0.717) is 52.5 Å². The Morgan fingerprint density at radius 2 is 1.70 bits per heavy atom. The van der Waals surface area contributed by atoms with Gasteiger partial charge in [0, 0.05) is 63.9 Å². The number of carbonyl (C=O) groups excluding carboxylic acids is 2. The maximum Gasteiger partial charge on any atom is 0.320 e. The zero-order valence-corrected chi connectivity index (χ0v) is 18.0. The molecule has 3 saturated heterocycles. The van der Waals surface area contributed by atoms with Gasteiger partial charge in [0.2, 0.25) is 0 Å². The summed E-state index contributed by atoms with van der Waals surface area (Å²) in [4.78, 5) is 34.1. The molecule has 0 bridgehead atoms. The van der Waals surface area contributed by atoms with Crippen molar-refractivity contribution in [2.24, 2.45) is 0 Å². The average molecular weight is 416 g/mol. The Kier molecular flexibility index (Phi) is 6.15. The first-order valence-electron chi connectivity index (χ1n) is 10.9. The van der Waals surface area contributed by atoms with Gasteiger partial charge in [-0.1, -0.05) is 30.3 Å². The number of carbonyl (C=O) groups is 2. The summed E-state index contributed by atoms with van der Waals surface area (Å²) in [6.45, 7) is 11.0. The molecule has 0 unspecified atom stereocenters. The molecule has 0 spiro atoms. The fraction of sp³-hybridized carbons (Fsp3) is 0.636. The molecule has 4 rings (SSSR count). The van der Waals surface area contributed by atoms with E-state index in [1.807, 2.05) is 45.0 Å². The first-order chi connectivity index (χ1) is 14.4. The third-order valence-corrected chi connectivity index (χ3v) is 6.40. The van der Waals surface area contributed by atoms with Gasteiger partial charge in [0.25, 0.3) is 0 Å². The molecule has 3 aliphatic rings. The summed E-state index contributed by atoms with van der Waals surface area (Å²) in [5, 5.41) is 3.05. The van der Waals surface area contributed by atoms with E-state index in [4.69, 9.17) is 4.74 Å². The van der Waals surface area contributed by atoms with Crippen molar-refractivity contribution in [3.63, 3.8) is 0 Å². The maximum absolute atomic E-state index is 12.9. The monoisotopic (exact) mass is 415 g/mol. The van der Waals surface area contributed by atoms with Gasteiger partial charge in [-0.2, -0.15) is 0 Å². The first kappa shape index (κ1) is 20.9. The number of nitrogens with zero attached hydrogens (tertiary/aromatic N) is 4. The molecule has 0 aromatic heterocycles. The number of amides is 4. The predicted molar refractivity (Wildman–Crippen MR) is 114 cm³/mol. The van der Waals surface area contributed by atoms with Gasteiger partial charge >= 0.3 is 12.1 Å². The molecule has 0 saturated carbocycles. The van der Waals surface area contributed by atoms with Crippen LogP contribution in [0, 0.1) is 0 Å². The highest BCUT2D eigenvalue weighted by atomic mass is 16.5. The summed E-state index contributed by atoms with van der Waals surface area (Å²) in [7, 11) is 0. The molecule has 3 fully saturated rings. The molecule has 1 aromatic carbocycles. The van der Waals surface area contributed by atoms with Gasteiger partial charge in [-0.3, -0.25) is 4.90 Å². The molecule has 4 amide bonds. The van der Waals surface area contributed by atoms with E-state index in [1.54, 1.807) is 0 Å². The molecular weight excluding hydrogens is 382 g/mol. The zero-order valence-electron chi connectivity index (χ0n) is 18.0. The fourth-order valence-electron chi connectivity index (χ4n) is 4.85. The van der Waals surface area contributed by atoms with Crippen molar-refractivity contribution in [1.29, 1.82) is 0 Å². The van der Waals surface area contributed by atoms with E-state index >= 15 is 0 Å². The number of rotatable bonds is 2. The van der Waals surface area contributed by atoms with Gasteiger partial charge in [-0.25, -0.2) is 9.59 Å². The molecule has 0 aliphatic carbocycles. The molecule has 30 heavy (non-hydrogen) atoms. The minimum atomic E-state index is -0.124. The van der Waals surface area contributed by atoms with Gasteiger partial charge < -0.3 is 24.8 Å². The number of urea groups is 2. The van der Waals surface area contributed by atoms with Gasteiger partial charge in [0.05, 0.1) is 13.2 Å². The third kappa shape index (κ3) is 4.54. The molecular formula is C22H33N5O3. The number of hydrogen-bond donors (Lipinski definition) is 1. The van der Waals surface area contributed by atoms with Gasteiger partial charge in [0.1, 0.15) is 0 Å². The second kappa shape index (κ2) is 8.81. The Morgan fingerprint density at radius 3 is 2.43 bits per heavy atom. The summed E-state index contributed by atoms with van der Waals surface area (Å²) in [5.41, 5.74) is 0.963. The highest BCUT2D eigenvalue weighted by Crippen LogP contribution is 2.28. The standard InChI is InChI=1S/C22H33N5O3/c1-22(2)17-26(20(28)23-14-18-6-4-3-5-7-18)16-19-15-25(8-9-27(19)22)21(29)24-10-12-30-13-11-24/h3-7,19H,8-17H2,1-2H3,(H,23,28)/t19-/m0/s1. The topological polar surface area (TPSA) is 68.4 Å². The molecule has 164 valence electrons. The van der Waals surface area contributed by atoms with E-state index in [1.165, 1.54) is 0 Å². The molecule has 8 heteroatoms. The van der Waals surface area contributed by atoms with Crippen LogP contribution in [-0.2, 0) is 11.3 Å². The van der Waals surface area contributed by atoms with Crippen LogP contribution >= 0.6 is 0 Å². The number of piperazine rings is 2. The van der Waals surface area contributed by atoms with Crippen molar-refractivity contribution in [3.05, 3.63) is 35.9 Å². The Morgan fingerprint density at radius 1 is 1.00 bits per heavy atom. The predicted octanol–water partition coefficient (Wildman–Crippen LogP) is 1.43. The summed E-state index contributed by atoms with van der Waals surface area (Å²) < 4.78 is 5.37. The molecule has 3 aliphatic heterocycles. The summed E-state index contributed by atoms with van der Waals surface area (Å²) in [6.07, 6.45) is 0. The van der Waals surface area contributed by atoms with Gasteiger partial charge in [-0.15, -0.1) is 0 Å². The molecule has 1 N–H and O–H groups in total. The van der Waals surface area contributed by atoms with Crippen LogP contribution in [0.3, 0.4) is 0 Å². The van der Waals surface area contributed by atoms with Crippen molar-refractivity contribution >= 4 is 12.1 Å². The first-order valence-corrected chi connectivity index (χ1v) is 10.9. The van der Waals surface area contributed by atoms with Crippen molar-refractivity contribution < 1.29 is 14.3 Å². The van der Waals surface area contributed by atoms with E-state index in [2.05, 4.69) is 24.1 Å². The SMILES string of the molecule is CC1(C)CN(C(=O)NCc2ccccc2)C[C@@H]2CN(C(=O)N3CCOCC3)CCN21. The third-order valence-electron chi connectivity index (χ3n) is 6.40. The van der Waals surface area contributed by atoms with Crippen LogP contribution in [0.5, 0.6) is 0 Å². The second-order valence-corrected chi connectivity index (χ2v) is 9.01. The normalized spacial score (nSPS) is 24.3. The smallest absolute Gasteiger partial charge is 0.320 e. The zero-order chi connectivity index (χ0) is 21.1. The largest absolute Gasteiger partial charge is 0.378 e. The maximum atomic E-state index is 12.9. The van der Waals surface area contributed by atoms with E-state index in [0.717, 1.165) is 18.7 Å². The highest BCUT2D eigenvalue weighted by molar-refractivity contribution is 5.75. The van der Waals surface area contributed by atoms with Crippen molar-refractivity contribution in [2.45, 2.75) is 32.0 Å². The highest BCUT2D eigenvalue weighted by Gasteiger charge is 2.45. The number of ether oxygens (including phenoxy) is 1. The van der Waals surface area contributed by atoms with Crippen LogP contribution in [0.2, 0.25) is 0 Å². The van der Waals surface area contributed by atoms with Crippen LogP contribution < -0.4 is 5.32 Å². The lowest BCUT2D eigenvalue weighted by Crippen LogP contribution is -2.71. The summed E-state index contributed by atoms with van der Waals surface area (Å²) >= 11 is 0. The lowest BCUT2D eigenvalue weighted by atomic mass is 9.93. The summed E-state index contributed by atoms with van der Waals surface area (Å²) in [6, 6.07) is 10.2. The van der Waals surface area contributed by atoms with Crippen molar-refractivity contribution in [2.75, 3.05) is 59.0 Å². The second-order valence-electron chi connectivity index (χ2n) is 9.01. The molecule has 0 radical (unpaired) electrons. The average Bonchev–Trinajstić information content (AvgIpc) is 2.77. The quantitative estimate of drug-likeness (QED) is 0.794. The number of fused-ring (bicyclic) bond motifs is 1. The summed E-state index contributed by atoms with van der Waals surface area (Å²) in [5.74, 6) is 0. The lowest BCUT2D eigenvalue weighted by Gasteiger charge is -2.55. The van der Waals surface area contributed by atoms with E-state index in [9.17, 15) is 9.59 Å². The number of hydrogen-bond acceptors (Lipinski definition) is 4. The minimum absolute atomic E-state index is 0.0387. The van der Waals surface area contributed by atoms with Crippen LogP contribution in [0.4, 0.5) is 9.59 Å². The van der Waals surface area contributed by atoms with Crippen LogP contribution in [0.25, 0.3) is 0 Å². The van der Waals surface area contributed by atoms with Gasteiger partial charge in [0.15, 0.2) is 0 Å². The molecule has 1 aromatic rings. The van der Waals surface area contributed by atoms with Crippen LogP contribution in [-0.4, -0.2) is 102 Å². The number of morpholine rings is 1. The van der Waals surface area contributed by atoms with E-state index in [-0.39, 0.29) is 23.6 Å². The number of nitrogens with one attached hydrogen (secondary N) is 1. The van der Waals surface area contributed by atoms with Gasteiger partial charge in [-0.05, 0) is 19.4 Å². The fourth-order valence-corrected chi connectivity index (χ4v) is 4.85. The van der Waals surface area contributed by atoms with Crippen molar-refractivity contribution in [3.8, 4) is 0 Å². The lowest BCUT2D eigenvalue weighted by molar-refractivity contribution is -0.0485. The Bertz CT molecular complexity index is 750. The Balaban J connectivity index is 1.38. The number of benzene rings is 1. The molecule has 3 heterocycles. The molecule has 8 nitrogen and oxygen atoms in total. The van der Waals surface area contributed by atoms with Crippen molar-refractivity contribution in [1.82, 2.24) is 24.9 Å². The minimum Gasteiger partial charge on any atom is -0.378 e. The van der Waals surface area contributed by atoms with E-state index < -0.39 is 0 Å². The van der Waals surface area contributed by atoms with Crippen LogP contribution in [0.15, 0.2) is 30.3 Å².